The normalized spacial score (nSPS) is 12.6. The van der Waals surface area contributed by atoms with Crippen molar-refractivity contribution in [1.82, 2.24) is 5.32 Å². The van der Waals surface area contributed by atoms with Gasteiger partial charge < -0.3 is 33.5 Å². The Bertz CT molecular complexity index is 247. The molecule has 0 aliphatic carbocycles. The molecule has 0 saturated heterocycles. The molecule has 0 heterocycles. The molecule has 0 radical (unpaired) electrons. The smallest absolute Gasteiger partial charge is 0.128 e. The van der Waals surface area contributed by atoms with Gasteiger partial charge in [0.05, 0.1) is 72.7 Å². The molecule has 152 valence electrons. The molecule has 0 aliphatic rings. The Labute approximate surface area is 152 Å². The first-order valence-corrected chi connectivity index (χ1v) is 9.13. The average molecular weight is 367 g/mol. The number of aliphatic hydroxyl groups is 1. The topological polar surface area (TPSA) is 87.6 Å². The van der Waals surface area contributed by atoms with Crippen LogP contribution < -0.4 is 5.32 Å². The van der Waals surface area contributed by atoms with Crippen LogP contribution in [0.2, 0.25) is 0 Å². The molecule has 25 heavy (non-hydrogen) atoms. The summed E-state index contributed by atoms with van der Waals surface area (Å²) in [7, 11) is 1.67. The van der Waals surface area contributed by atoms with Gasteiger partial charge >= 0.3 is 0 Å². The second-order valence-electron chi connectivity index (χ2n) is 5.29. The van der Waals surface area contributed by atoms with Gasteiger partial charge in [-0.3, -0.25) is 5.32 Å². The van der Waals surface area contributed by atoms with E-state index in [1.165, 1.54) is 0 Å². The molecule has 8 heteroatoms. The summed E-state index contributed by atoms with van der Waals surface area (Å²) in [5.74, 6) is 0. The average Bonchev–Trinajstić information content (AvgIpc) is 2.63. The molecule has 0 aliphatic heterocycles. The van der Waals surface area contributed by atoms with E-state index in [4.69, 9.17) is 28.4 Å². The lowest BCUT2D eigenvalue weighted by molar-refractivity contribution is -0.0263. The van der Waals surface area contributed by atoms with E-state index in [-0.39, 0.29) is 6.61 Å². The summed E-state index contributed by atoms with van der Waals surface area (Å²) in [6.45, 7) is 8.64. The molecule has 1 atom stereocenters. The maximum atomic E-state index is 9.18. The van der Waals surface area contributed by atoms with E-state index in [1.54, 1.807) is 7.05 Å². The Hall–Kier alpha value is -0.320. The van der Waals surface area contributed by atoms with Gasteiger partial charge in [-0.05, 0) is 13.5 Å². The van der Waals surface area contributed by atoms with E-state index in [0.29, 0.717) is 66.1 Å². The third kappa shape index (κ3) is 21.6. The van der Waals surface area contributed by atoms with E-state index in [2.05, 4.69) is 12.2 Å². The number of ether oxygens (including phenoxy) is 6. The Morgan fingerprint density at radius 3 is 1.36 bits per heavy atom. The first-order chi connectivity index (χ1) is 12.3. The third-order valence-corrected chi connectivity index (χ3v) is 3.11. The highest BCUT2D eigenvalue weighted by Crippen LogP contribution is 1.88. The minimum absolute atomic E-state index is 0.253. The molecule has 0 aromatic heterocycles. The predicted molar refractivity (Wildman–Crippen MR) is 94.9 cm³/mol. The number of aliphatic hydroxyl groups excluding tert-OH is 1. The summed E-state index contributed by atoms with van der Waals surface area (Å²) in [6.07, 6.45) is 1.62. The minimum atomic E-state index is -0.632. The van der Waals surface area contributed by atoms with Crippen molar-refractivity contribution in [3.8, 4) is 0 Å². The van der Waals surface area contributed by atoms with E-state index in [0.717, 1.165) is 19.4 Å². The van der Waals surface area contributed by atoms with Crippen LogP contribution in [-0.4, -0.2) is 97.7 Å². The van der Waals surface area contributed by atoms with Crippen molar-refractivity contribution in [1.29, 1.82) is 0 Å². The highest BCUT2D eigenvalue weighted by molar-refractivity contribution is 4.44. The van der Waals surface area contributed by atoms with Crippen molar-refractivity contribution in [3.05, 3.63) is 0 Å². The van der Waals surface area contributed by atoms with Gasteiger partial charge in [-0.2, -0.15) is 0 Å². The molecule has 0 amide bonds. The fourth-order valence-corrected chi connectivity index (χ4v) is 1.62. The molecule has 0 aromatic rings. The molecular formula is C17H37NO7. The maximum Gasteiger partial charge on any atom is 0.128 e. The molecule has 0 saturated carbocycles. The summed E-state index contributed by atoms with van der Waals surface area (Å²) >= 11 is 0. The molecule has 8 nitrogen and oxygen atoms in total. The highest BCUT2D eigenvalue weighted by Gasteiger charge is 1.98. The number of likely N-dealkylation sites (N-methyl/N-ethyl adjacent to an activating group) is 1. The second kappa shape index (κ2) is 21.7. The van der Waals surface area contributed by atoms with Crippen molar-refractivity contribution in [3.63, 3.8) is 0 Å². The summed E-state index contributed by atoms with van der Waals surface area (Å²) in [6, 6.07) is 0. The van der Waals surface area contributed by atoms with Crippen LogP contribution in [0.1, 0.15) is 19.8 Å². The van der Waals surface area contributed by atoms with Crippen LogP contribution in [-0.2, 0) is 28.4 Å². The summed E-state index contributed by atoms with van der Waals surface area (Å²) < 4.78 is 32.1. The summed E-state index contributed by atoms with van der Waals surface area (Å²) in [4.78, 5) is 0. The highest BCUT2D eigenvalue weighted by atomic mass is 16.6. The van der Waals surface area contributed by atoms with Gasteiger partial charge in [0.2, 0.25) is 0 Å². The fraction of sp³-hybridized carbons (Fsp3) is 1.00. The molecule has 0 bridgehead atoms. The van der Waals surface area contributed by atoms with Gasteiger partial charge in [0.15, 0.2) is 0 Å². The molecule has 0 spiro atoms. The monoisotopic (exact) mass is 367 g/mol. The first-order valence-electron chi connectivity index (χ1n) is 9.13. The number of hydrogen-bond acceptors (Lipinski definition) is 8. The van der Waals surface area contributed by atoms with Crippen LogP contribution in [0.3, 0.4) is 0 Å². The molecule has 0 fully saturated rings. The van der Waals surface area contributed by atoms with Crippen LogP contribution in [0.15, 0.2) is 0 Å². The van der Waals surface area contributed by atoms with E-state index >= 15 is 0 Å². The Morgan fingerprint density at radius 1 is 0.640 bits per heavy atom. The standard InChI is InChI=1S/C17H37NO7/c1-3-4-5-20-6-7-21-8-9-22-10-11-23-12-13-24-14-15-25-16-17(19)18-2/h17-19H,3-16H2,1-2H3. The summed E-state index contributed by atoms with van der Waals surface area (Å²) in [5, 5.41) is 11.8. The molecule has 0 rings (SSSR count). The van der Waals surface area contributed by atoms with Crippen LogP contribution in [0.25, 0.3) is 0 Å². The van der Waals surface area contributed by atoms with Gasteiger partial charge in [-0.1, -0.05) is 13.3 Å². The zero-order valence-corrected chi connectivity index (χ0v) is 15.9. The van der Waals surface area contributed by atoms with Crippen molar-refractivity contribution in [2.45, 2.75) is 26.0 Å². The zero-order valence-electron chi connectivity index (χ0n) is 15.9. The molecule has 1 unspecified atom stereocenters. The zero-order chi connectivity index (χ0) is 18.4. The number of hydrogen-bond donors (Lipinski definition) is 2. The lowest BCUT2D eigenvalue weighted by Gasteiger charge is -2.10. The number of rotatable bonds is 21. The largest absolute Gasteiger partial charge is 0.379 e. The number of unbranched alkanes of at least 4 members (excludes halogenated alkanes) is 1. The molecule has 0 aromatic carbocycles. The molecular weight excluding hydrogens is 330 g/mol. The Balaban J connectivity index is 2.98. The van der Waals surface area contributed by atoms with Crippen molar-refractivity contribution in [2.24, 2.45) is 0 Å². The van der Waals surface area contributed by atoms with Gasteiger partial charge in [0.1, 0.15) is 6.23 Å². The third-order valence-electron chi connectivity index (χ3n) is 3.11. The predicted octanol–water partition coefficient (Wildman–Crippen LogP) is 0.424. The fourth-order valence-electron chi connectivity index (χ4n) is 1.62. The quantitative estimate of drug-likeness (QED) is 0.223. The lowest BCUT2D eigenvalue weighted by atomic mass is 10.4. The van der Waals surface area contributed by atoms with E-state index in [9.17, 15) is 5.11 Å². The SMILES string of the molecule is CCCCOCCOCCOCCOCCOCCOCC(O)NC. The van der Waals surface area contributed by atoms with Crippen molar-refractivity contribution < 1.29 is 33.5 Å². The second-order valence-corrected chi connectivity index (χ2v) is 5.29. The van der Waals surface area contributed by atoms with Crippen LogP contribution in [0, 0.1) is 0 Å². The first kappa shape index (κ1) is 24.7. The summed E-state index contributed by atoms with van der Waals surface area (Å²) in [5.41, 5.74) is 0. The number of nitrogens with one attached hydrogen (secondary N) is 1. The van der Waals surface area contributed by atoms with Gasteiger partial charge in [0, 0.05) is 6.61 Å². The van der Waals surface area contributed by atoms with Crippen LogP contribution in [0.4, 0.5) is 0 Å². The van der Waals surface area contributed by atoms with E-state index < -0.39 is 6.23 Å². The van der Waals surface area contributed by atoms with Gasteiger partial charge in [-0.15, -0.1) is 0 Å². The van der Waals surface area contributed by atoms with Gasteiger partial charge in [-0.25, -0.2) is 0 Å². The van der Waals surface area contributed by atoms with Crippen molar-refractivity contribution in [2.75, 3.05) is 86.3 Å². The van der Waals surface area contributed by atoms with Crippen LogP contribution >= 0.6 is 0 Å². The van der Waals surface area contributed by atoms with Gasteiger partial charge in [0.25, 0.3) is 0 Å². The van der Waals surface area contributed by atoms with Crippen LogP contribution in [0.5, 0.6) is 0 Å². The Kier molecular flexibility index (Phi) is 21.4. The molecule has 2 N–H and O–H groups in total. The minimum Gasteiger partial charge on any atom is -0.379 e. The Morgan fingerprint density at radius 2 is 1.00 bits per heavy atom. The van der Waals surface area contributed by atoms with E-state index in [1.807, 2.05) is 0 Å². The maximum absolute atomic E-state index is 9.18. The van der Waals surface area contributed by atoms with Crippen molar-refractivity contribution >= 4 is 0 Å². The lowest BCUT2D eigenvalue weighted by Crippen LogP contribution is -2.30.